The zero-order valence-corrected chi connectivity index (χ0v) is 15.8. The monoisotopic (exact) mass is 373 g/mol. The molecule has 6 nitrogen and oxygen atoms in total. The molecule has 0 aliphatic carbocycles. The van der Waals surface area contributed by atoms with Crippen LogP contribution in [0.2, 0.25) is 0 Å². The fraction of sp³-hybridized carbons (Fsp3) is 0.316. The van der Waals surface area contributed by atoms with E-state index in [1.165, 1.54) is 0 Å². The van der Waals surface area contributed by atoms with Crippen molar-refractivity contribution in [2.24, 2.45) is 0 Å². The van der Waals surface area contributed by atoms with Crippen LogP contribution in [0.1, 0.15) is 12.5 Å². The summed E-state index contributed by atoms with van der Waals surface area (Å²) in [5.74, 6) is 0.0873. The second kappa shape index (κ2) is 7.37. The maximum Gasteiger partial charge on any atom is 0.261 e. The van der Waals surface area contributed by atoms with Crippen molar-refractivity contribution in [1.82, 2.24) is 4.90 Å². The van der Waals surface area contributed by atoms with Gasteiger partial charge in [-0.25, -0.2) is 8.42 Å². The lowest BCUT2D eigenvalue weighted by atomic mass is 10.2. The summed E-state index contributed by atoms with van der Waals surface area (Å²) in [6, 6.07) is 14.1. The summed E-state index contributed by atoms with van der Waals surface area (Å²) in [4.78, 5) is 15.7. The van der Waals surface area contributed by atoms with Crippen molar-refractivity contribution in [2.45, 2.75) is 18.7 Å². The Bertz CT molecular complexity index is 887. The molecule has 1 amide bonds. The highest BCUT2D eigenvalue weighted by Crippen LogP contribution is 2.23. The van der Waals surface area contributed by atoms with E-state index in [9.17, 15) is 13.2 Å². The molecule has 1 fully saturated rings. The zero-order chi connectivity index (χ0) is 18.7. The lowest BCUT2D eigenvalue weighted by Gasteiger charge is -2.35. The van der Waals surface area contributed by atoms with Crippen LogP contribution in [0.15, 0.2) is 53.4 Å². The molecule has 1 saturated heterocycles. The molecule has 138 valence electrons. The molecule has 1 aliphatic rings. The summed E-state index contributed by atoms with van der Waals surface area (Å²) in [5, 5.41) is 0. The number of rotatable bonds is 4. The van der Waals surface area contributed by atoms with Crippen LogP contribution in [0, 0.1) is 6.92 Å². The number of aryl methyl sites for hydroxylation is 1. The Labute approximate surface area is 154 Å². The van der Waals surface area contributed by atoms with Gasteiger partial charge in [0.15, 0.2) is 0 Å². The second-order valence-electron chi connectivity index (χ2n) is 6.46. The summed E-state index contributed by atoms with van der Waals surface area (Å²) in [5.41, 5.74) is 2.48. The van der Waals surface area contributed by atoms with Crippen LogP contribution in [-0.2, 0) is 14.8 Å². The number of hydrogen-bond acceptors (Lipinski definition) is 4. The molecule has 0 spiro atoms. The molecule has 26 heavy (non-hydrogen) atoms. The molecule has 0 bridgehead atoms. The number of amides is 1. The van der Waals surface area contributed by atoms with Crippen molar-refractivity contribution in [1.29, 1.82) is 0 Å². The van der Waals surface area contributed by atoms with E-state index in [0.717, 1.165) is 24.3 Å². The Morgan fingerprint density at radius 2 is 1.65 bits per heavy atom. The molecule has 1 heterocycles. The zero-order valence-electron chi connectivity index (χ0n) is 15.0. The van der Waals surface area contributed by atoms with Gasteiger partial charge in [-0.3, -0.25) is 9.52 Å². The van der Waals surface area contributed by atoms with Crippen molar-refractivity contribution < 1.29 is 13.2 Å². The number of hydrogen-bond donors (Lipinski definition) is 1. The number of nitrogens with one attached hydrogen (secondary N) is 1. The normalized spacial score (nSPS) is 15.0. The third-order valence-corrected chi connectivity index (χ3v) is 5.92. The smallest absolute Gasteiger partial charge is 0.261 e. The number of benzene rings is 2. The van der Waals surface area contributed by atoms with Gasteiger partial charge in [0.1, 0.15) is 0 Å². The van der Waals surface area contributed by atoms with Crippen LogP contribution in [0.5, 0.6) is 0 Å². The summed E-state index contributed by atoms with van der Waals surface area (Å²) in [7, 11) is -3.62. The van der Waals surface area contributed by atoms with Crippen molar-refractivity contribution in [3.8, 4) is 0 Å². The van der Waals surface area contributed by atoms with Crippen LogP contribution >= 0.6 is 0 Å². The summed E-state index contributed by atoms with van der Waals surface area (Å²) in [6.07, 6.45) is 0. The lowest BCUT2D eigenvalue weighted by Crippen LogP contribution is -2.48. The fourth-order valence-corrected chi connectivity index (χ4v) is 4.03. The van der Waals surface area contributed by atoms with Gasteiger partial charge in [-0.05, 0) is 37.3 Å². The highest BCUT2D eigenvalue weighted by atomic mass is 32.2. The second-order valence-corrected chi connectivity index (χ2v) is 8.14. The van der Waals surface area contributed by atoms with Crippen molar-refractivity contribution in [3.63, 3.8) is 0 Å². The van der Waals surface area contributed by atoms with Gasteiger partial charge in [-0.1, -0.05) is 23.8 Å². The standard InChI is InChI=1S/C19H23N3O3S/c1-15-6-8-19(9-7-15)26(24,25)20-17-4-3-5-18(14-17)22-12-10-21(11-13-22)16(2)23/h3-9,14,20H,10-13H2,1-2H3. The summed E-state index contributed by atoms with van der Waals surface area (Å²) >= 11 is 0. The molecule has 0 radical (unpaired) electrons. The summed E-state index contributed by atoms with van der Waals surface area (Å²) < 4.78 is 27.7. The Morgan fingerprint density at radius 1 is 1.00 bits per heavy atom. The van der Waals surface area contributed by atoms with Gasteiger partial charge in [-0.2, -0.15) is 0 Å². The third-order valence-electron chi connectivity index (χ3n) is 4.52. The third kappa shape index (κ3) is 4.16. The van der Waals surface area contributed by atoms with E-state index >= 15 is 0 Å². The number of nitrogens with zero attached hydrogens (tertiary/aromatic N) is 2. The molecule has 0 atom stereocenters. The lowest BCUT2D eigenvalue weighted by molar-refractivity contribution is -0.129. The largest absolute Gasteiger partial charge is 0.368 e. The maximum atomic E-state index is 12.5. The molecular formula is C19H23N3O3S. The van der Waals surface area contributed by atoms with Crippen LogP contribution in [0.4, 0.5) is 11.4 Å². The van der Waals surface area contributed by atoms with E-state index < -0.39 is 10.0 Å². The van der Waals surface area contributed by atoms with Gasteiger partial charge in [0.2, 0.25) is 5.91 Å². The highest BCUT2D eigenvalue weighted by Gasteiger charge is 2.19. The SMILES string of the molecule is CC(=O)N1CCN(c2cccc(NS(=O)(=O)c3ccc(C)cc3)c2)CC1. The van der Waals surface area contributed by atoms with Gasteiger partial charge >= 0.3 is 0 Å². The van der Waals surface area contributed by atoms with Crippen molar-refractivity contribution >= 4 is 27.3 Å². The average Bonchev–Trinajstić information content (AvgIpc) is 2.62. The molecule has 0 saturated carbocycles. The van der Waals surface area contributed by atoms with E-state index in [1.54, 1.807) is 37.3 Å². The number of sulfonamides is 1. The van der Waals surface area contributed by atoms with E-state index in [-0.39, 0.29) is 10.8 Å². The number of carbonyl (C=O) groups is 1. The van der Waals surface area contributed by atoms with E-state index in [1.807, 2.05) is 30.0 Å². The van der Waals surface area contributed by atoms with E-state index in [4.69, 9.17) is 0 Å². The van der Waals surface area contributed by atoms with Gasteiger partial charge in [0.05, 0.1) is 10.6 Å². The Kier molecular flexibility index (Phi) is 5.18. The minimum atomic E-state index is -3.62. The van der Waals surface area contributed by atoms with E-state index in [2.05, 4.69) is 9.62 Å². The van der Waals surface area contributed by atoms with Crippen molar-refractivity contribution in [3.05, 3.63) is 54.1 Å². The maximum absolute atomic E-state index is 12.5. The predicted octanol–water partition coefficient (Wildman–Crippen LogP) is 2.46. The van der Waals surface area contributed by atoms with Crippen LogP contribution in [0.3, 0.4) is 0 Å². The van der Waals surface area contributed by atoms with Crippen LogP contribution in [0.25, 0.3) is 0 Å². The average molecular weight is 373 g/mol. The van der Waals surface area contributed by atoms with Crippen molar-refractivity contribution in [2.75, 3.05) is 35.8 Å². The molecule has 7 heteroatoms. The predicted molar refractivity (Wildman–Crippen MR) is 103 cm³/mol. The molecule has 1 N–H and O–H groups in total. The molecule has 0 unspecified atom stereocenters. The molecule has 1 aliphatic heterocycles. The first-order valence-electron chi connectivity index (χ1n) is 8.55. The van der Waals surface area contributed by atoms with Gasteiger partial charge in [0, 0.05) is 38.8 Å². The minimum Gasteiger partial charge on any atom is -0.368 e. The van der Waals surface area contributed by atoms with Gasteiger partial charge in [0.25, 0.3) is 10.0 Å². The fourth-order valence-electron chi connectivity index (χ4n) is 2.98. The Hall–Kier alpha value is -2.54. The Balaban J connectivity index is 1.73. The Morgan fingerprint density at radius 3 is 2.27 bits per heavy atom. The topological polar surface area (TPSA) is 69.7 Å². The highest BCUT2D eigenvalue weighted by molar-refractivity contribution is 7.92. The minimum absolute atomic E-state index is 0.0873. The molecule has 2 aromatic rings. The van der Waals surface area contributed by atoms with E-state index in [0.29, 0.717) is 18.8 Å². The molecule has 3 rings (SSSR count). The summed E-state index contributed by atoms with van der Waals surface area (Å²) in [6.45, 7) is 6.31. The van der Waals surface area contributed by atoms with Crippen LogP contribution in [-0.4, -0.2) is 45.4 Å². The molecule has 0 aromatic heterocycles. The van der Waals surface area contributed by atoms with Gasteiger partial charge in [-0.15, -0.1) is 0 Å². The quantitative estimate of drug-likeness (QED) is 0.894. The number of carbonyl (C=O) groups excluding carboxylic acids is 1. The molecular weight excluding hydrogens is 350 g/mol. The first-order chi connectivity index (χ1) is 12.3. The molecule has 2 aromatic carbocycles. The number of piperazine rings is 1. The first kappa shape index (κ1) is 18.3. The number of anilines is 2. The first-order valence-corrected chi connectivity index (χ1v) is 10.0. The van der Waals surface area contributed by atoms with Crippen LogP contribution < -0.4 is 9.62 Å². The van der Waals surface area contributed by atoms with Gasteiger partial charge < -0.3 is 9.80 Å².